The maximum atomic E-state index is 6.52. The highest BCUT2D eigenvalue weighted by Crippen LogP contribution is 2.37. The molecular weight excluding hydrogens is 492 g/mol. The van der Waals surface area contributed by atoms with Gasteiger partial charge in [0.05, 0.1) is 22.1 Å². The molecule has 0 atom stereocenters. The fourth-order valence-electron chi connectivity index (χ4n) is 5.79. The van der Waals surface area contributed by atoms with Crippen LogP contribution in [0.1, 0.15) is 5.56 Å². The van der Waals surface area contributed by atoms with E-state index in [9.17, 15) is 0 Å². The largest absolute Gasteiger partial charge is 0.457 e. The van der Waals surface area contributed by atoms with Crippen molar-refractivity contribution in [3.05, 3.63) is 133 Å². The molecule has 0 amide bonds. The molecule has 5 heteroatoms. The number of aromatic nitrogens is 4. The molecule has 0 aliphatic heterocycles. The molecule has 4 heterocycles. The van der Waals surface area contributed by atoms with E-state index < -0.39 is 0 Å². The van der Waals surface area contributed by atoms with E-state index in [-0.39, 0.29) is 0 Å². The highest BCUT2D eigenvalue weighted by Gasteiger charge is 2.16. The highest BCUT2D eigenvalue weighted by molar-refractivity contribution is 6.10. The van der Waals surface area contributed by atoms with Crippen molar-refractivity contribution in [1.29, 1.82) is 0 Å². The summed E-state index contributed by atoms with van der Waals surface area (Å²) in [7, 11) is 0. The Balaban J connectivity index is 1.29. The van der Waals surface area contributed by atoms with Crippen LogP contribution in [-0.2, 0) is 0 Å². The predicted molar refractivity (Wildman–Crippen MR) is 162 cm³/mol. The van der Waals surface area contributed by atoms with Gasteiger partial charge in [-0.3, -0.25) is 9.13 Å². The zero-order valence-electron chi connectivity index (χ0n) is 21.8. The smallest absolute Gasteiger partial charge is 0.137 e. The van der Waals surface area contributed by atoms with Crippen LogP contribution >= 0.6 is 0 Å². The third-order valence-electron chi connectivity index (χ3n) is 7.53. The Morgan fingerprint density at radius 3 is 1.62 bits per heavy atom. The van der Waals surface area contributed by atoms with E-state index in [0.717, 1.165) is 56.0 Å². The molecule has 0 aliphatic rings. The molecule has 0 unspecified atom stereocenters. The van der Waals surface area contributed by atoms with Crippen LogP contribution in [0.2, 0.25) is 0 Å². The fourth-order valence-corrected chi connectivity index (χ4v) is 5.79. The maximum Gasteiger partial charge on any atom is 0.137 e. The van der Waals surface area contributed by atoms with Crippen molar-refractivity contribution in [2.45, 2.75) is 6.92 Å². The summed E-state index contributed by atoms with van der Waals surface area (Å²) in [5.41, 5.74) is 5.51. The minimum absolute atomic E-state index is 0.767. The SMILES string of the molecule is Cc1ccnc(-n2c3ccccc3c3ccc(Oc4ccc5c6ccccc6n(-c6ccccn6)c5c4)cc32)c1. The minimum atomic E-state index is 0.767. The van der Waals surface area contributed by atoms with Crippen molar-refractivity contribution >= 4 is 43.6 Å². The van der Waals surface area contributed by atoms with Gasteiger partial charge in [0.1, 0.15) is 23.1 Å². The Bertz CT molecular complexity index is 2210. The highest BCUT2D eigenvalue weighted by atomic mass is 16.5. The lowest BCUT2D eigenvalue weighted by Crippen LogP contribution is -1.97. The number of nitrogens with zero attached hydrogens (tertiary/aromatic N) is 4. The van der Waals surface area contributed by atoms with Gasteiger partial charge in [0.25, 0.3) is 0 Å². The summed E-state index contributed by atoms with van der Waals surface area (Å²) in [5.74, 6) is 3.30. The molecule has 0 saturated carbocycles. The first kappa shape index (κ1) is 22.6. The molecule has 0 spiro atoms. The predicted octanol–water partition coefficient (Wildman–Crippen LogP) is 8.77. The summed E-state index contributed by atoms with van der Waals surface area (Å²) in [5, 5.41) is 4.70. The Morgan fingerprint density at radius 1 is 0.475 bits per heavy atom. The number of hydrogen-bond donors (Lipinski definition) is 0. The molecule has 0 N–H and O–H groups in total. The van der Waals surface area contributed by atoms with E-state index in [2.05, 4.69) is 99.9 Å². The van der Waals surface area contributed by atoms with Gasteiger partial charge in [0.2, 0.25) is 0 Å². The van der Waals surface area contributed by atoms with Crippen LogP contribution in [0.15, 0.2) is 128 Å². The zero-order chi connectivity index (χ0) is 26.6. The normalized spacial score (nSPS) is 11.6. The maximum absolute atomic E-state index is 6.52. The number of rotatable bonds is 4. The molecule has 0 fully saturated rings. The monoisotopic (exact) mass is 516 g/mol. The van der Waals surface area contributed by atoms with Crippen LogP contribution < -0.4 is 4.74 Å². The van der Waals surface area contributed by atoms with Crippen LogP contribution in [-0.4, -0.2) is 19.1 Å². The quantitative estimate of drug-likeness (QED) is 0.235. The standard InChI is InChI=1S/C35H24N4O/c1-23-17-19-37-35(20-23)39-31-11-5-3-9-27(31)29-16-14-25(22-33(29)39)40-24-13-15-28-26-8-2-4-10-30(26)38(32(28)21-24)34-12-6-7-18-36-34/h2-22H,1H3. The average Bonchev–Trinajstić information content (AvgIpc) is 3.50. The van der Waals surface area contributed by atoms with Crippen molar-refractivity contribution in [1.82, 2.24) is 19.1 Å². The van der Waals surface area contributed by atoms with Gasteiger partial charge in [-0.05, 0) is 73.2 Å². The van der Waals surface area contributed by atoms with Gasteiger partial charge in [-0.2, -0.15) is 0 Å². The van der Waals surface area contributed by atoms with Crippen molar-refractivity contribution in [2.24, 2.45) is 0 Å². The van der Waals surface area contributed by atoms with Crippen molar-refractivity contribution in [3.63, 3.8) is 0 Å². The molecular formula is C35H24N4O. The summed E-state index contributed by atoms with van der Waals surface area (Å²) in [6.07, 6.45) is 3.69. The number of para-hydroxylation sites is 2. The average molecular weight is 517 g/mol. The number of ether oxygens (including phenoxy) is 1. The summed E-state index contributed by atoms with van der Waals surface area (Å²) in [6, 6.07) is 39.6. The van der Waals surface area contributed by atoms with E-state index >= 15 is 0 Å². The lowest BCUT2D eigenvalue weighted by Gasteiger charge is -2.10. The third-order valence-corrected chi connectivity index (χ3v) is 7.53. The van der Waals surface area contributed by atoms with E-state index in [1.54, 1.807) is 0 Å². The first-order chi connectivity index (χ1) is 19.7. The Morgan fingerprint density at radius 2 is 1.02 bits per heavy atom. The van der Waals surface area contributed by atoms with Crippen LogP contribution in [0, 0.1) is 6.92 Å². The van der Waals surface area contributed by atoms with Gasteiger partial charge in [-0.25, -0.2) is 9.97 Å². The van der Waals surface area contributed by atoms with Crippen LogP contribution in [0.5, 0.6) is 11.5 Å². The number of fused-ring (bicyclic) bond motifs is 6. The molecule has 0 bridgehead atoms. The Labute approximate surface area is 230 Å². The molecule has 4 aromatic heterocycles. The van der Waals surface area contributed by atoms with Gasteiger partial charge in [0.15, 0.2) is 0 Å². The van der Waals surface area contributed by atoms with Crippen LogP contribution in [0.3, 0.4) is 0 Å². The summed E-state index contributed by atoms with van der Waals surface area (Å²) >= 11 is 0. The van der Waals surface area contributed by atoms with E-state index in [4.69, 9.17) is 9.72 Å². The Hall–Kier alpha value is -5.42. The van der Waals surface area contributed by atoms with E-state index in [1.807, 2.05) is 48.8 Å². The Kier molecular flexibility index (Phi) is 4.97. The number of aryl methyl sites for hydroxylation is 1. The van der Waals surface area contributed by atoms with E-state index in [1.165, 1.54) is 16.3 Å². The molecule has 40 heavy (non-hydrogen) atoms. The third kappa shape index (κ3) is 3.48. The van der Waals surface area contributed by atoms with Crippen molar-refractivity contribution in [2.75, 3.05) is 0 Å². The summed E-state index contributed by atoms with van der Waals surface area (Å²) in [6.45, 7) is 2.09. The number of hydrogen-bond acceptors (Lipinski definition) is 3. The molecule has 0 saturated heterocycles. The number of pyridine rings is 2. The first-order valence-corrected chi connectivity index (χ1v) is 13.3. The van der Waals surface area contributed by atoms with Crippen LogP contribution in [0.25, 0.3) is 55.2 Å². The van der Waals surface area contributed by atoms with Gasteiger partial charge >= 0.3 is 0 Å². The topological polar surface area (TPSA) is 44.9 Å². The van der Waals surface area contributed by atoms with Gasteiger partial charge < -0.3 is 4.74 Å². The van der Waals surface area contributed by atoms with E-state index in [0.29, 0.717) is 0 Å². The molecule has 8 aromatic rings. The summed E-state index contributed by atoms with van der Waals surface area (Å²) < 4.78 is 10.9. The zero-order valence-corrected chi connectivity index (χ0v) is 21.8. The summed E-state index contributed by atoms with van der Waals surface area (Å²) in [4.78, 5) is 9.35. The van der Waals surface area contributed by atoms with Gasteiger partial charge in [-0.1, -0.05) is 42.5 Å². The second-order valence-corrected chi connectivity index (χ2v) is 10.0. The molecule has 4 aromatic carbocycles. The fraction of sp³-hybridized carbons (Fsp3) is 0.0286. The molecule has 8 rings (SSSR count). The molecule has 0 radical (unpaired) electrons. The second-order valence-electron chi connectivity index (χ2n) is 10.0. The van der Waals surface area contributed by atoms with Crippen LogP contribution in [0.4, 0.5) is 0 Å². The molecule has 5 nitrogen and oxygen atoms in total. The molecule has 0 aliphatic carbocycles. The first-order valence-electron chi connectivity index (χ1n) is 13.3. The van der Waals surface area contributed by atoms with Crippen molar-refractivity contribution < 1.29 is 4.74 Å². The molecule has 190 valence electrons. The van der Waals surface area contributed by atoms with Crippen molar-refractivity contribution in [3.8, 4) is 23.1 Å². The lowest BCUT2D eigenvalue weighted by molar-refractivity contribution is 0.484. The van der Waals surface area contributed by atoms with Gasteiger partial charge in [-0.15, -0.1) is 0 Å². The minimum Gasteiger partial charge on any atom is -0.457 e. The second kappa shape index (κ2) is 8.82. The van der Waals surface area contributed by atoms with Gasteiger partial charge in [0, 0.05) is 46.1 Å². The lowest BCUT2D eigenvalue weighted by atomic mass is 10.1. The number of benzene rings is 4.